The smallest absolute Gasteiger partial charge is 0.270 e. The van der Waals surface area contributed by atoms with E-state index in [0.29, 0.717) is 17.2 Å². The molecule has 8 heteroatoms. The first-order chi connectivity index (χ1) is 13.9. The summed E-state index contributed by atoms with van der Waals surface area (Å²) in [5, 5.41) is 13.5. The van der Waals surface area contributed by atoms with E-state index >= 15 is 0 Å². The second-order valence-corrected chi connectivity index (χ2v) is 6.85. The van der Waals surface area contributed by atoms with Gasteiger partial charge in [-0.05, 0) is 55.0 Å². The molecular weight excluding hydrogens is 394 g/mol. The number of nitrogens with one attached hydrogen (secondary N) is 1. The highest BCUT2D eigenvalue weighted by Gasteiger charge is 2.15. The fraction of sp³-hybridized carbons (Fsp3) is 0.0476. The van der Waals surface area contributed by atoms with Crippen LogP contribution in [0.5, 0.6) is 0 Å². The topological polar surface area (TPSA) is 98.3 Å². The Bertz CT molecular complexity index is 1250. The van der Waals surface area contributed by atoms with Crippen LogP contribution in [0.4, 0.5) is 11.4 Å². The molecule has 0 atom stereocenters. The Labute approximate surface area is 170 Å². The quantitative estimate of drug-likeness (QED) is 0.350. The maximum Gasteiger partial charge on any atom is 0.270 e. The molecule has 1 aromatic heterocycles. The molecule has 1 amide bonds. The number of hydrogen-bond acceptors (Lipinski definition) is 5. The summed E-state index contributed by atoms with van der Waals surface area (Å²) in [7, 11) is 0. The van der Waals surface area contributed by atoms with Crippen LogP contribution in [0.3, 0.4) is 0 Å². The van der Waals surface area contributed by atoms with Crippen molar-refractivity contribution in [1.29, 1.82) is 0 Å². The fourth-order valence-electron chi connectivity index (χ4n) is 2.86. The zero-order chi connectivity index (χ0) is 20.5. The van der Waals surface area contributed by atoms with Crippen LogP contribution in [0.2, 0.25) is 5.02 Å². The number of carbonyl (C=O) groups is 1. The Morgan fingerprint density at radius 1 is 1.10 bits per heavy atom. The van der Waals surface area contributed by atoms with Gasteiger partial charge in [0, 0.05) is 23.4 Å². The maximum absolute atomic E-state index is 12.4. The molecule has 3 aromatic carbocycles. The second-order valence-electron chi connectivity index (χ2n) is 6.44. The molecule has 29 heavy (non-hydrogen) atoms. The number of hydrogen-bond donors (Lipinski definition) is 1. The summed E-state index contributed by atoms with van der Waals surface area (Å²) >= 11 is 6.00. The van der Waals surface area contributed by atoms with Crippen molar-refractivity contribution in [3.63, 3.8) is 0 Å². The van der Waals surface area contributed by atoms with Gasteiger partial charge in [0.05, 0.1) is 15.5 Å². The van der Waals surface area contributed by atoms with E-state index in [1.807, 2.05) is 25.1 Å². The zero-order valence-corrected chi connectivity index (χ0v) is 15.9. The number of nitrogens with zero attached hydrogens (tertiary/aromatic N) is 2. The highest BCUT2D eigenvalue weighted by atomic mass is 35.5. The first kappa shape index (κ1) is 18.6. The van der Waals surface area contributed by atoms with Crippen molar-refractivity contribution >= 4 is 40.0 Å². The molecule has 0 aliphatic heterocycles. The molecule has 0 spiro atoms. The third-order valence-electron chi connectivity index (χ3n) is 4.34. The van der Waals surface area contributed by atoms with Crippen LogP contribution in [0.1, 0.15) is 15.9 Å². The molecule has 0 saturated heterocycles. The Hall–Kier alpha value is -3.71. The first-order valence-electron chi connectivity index (χ1n) is 8.63. The molecule has 1 heterocycles. The van der Waals surface area contributed by atoms with E-state index < -0.39 is 10.8 Å². The molecule has 0 bridgehead atoms. The fourth-order valence-corrected chi connectivity index (χ4v) is 3.12. The number of fused-ring (bicyclic) bond motifs is 1. The van der Waals surface area contributed by atoms with Crippen LogP contribution in [-0.2, 0) is 0 Å². The average molecular weight is 408 g/mol. The van der Waals surface area contributed by atoms with Crippen LogP contribution in [0.25, 0.3) is 22.6 Å². The van der Waals surface area contributed by atoms with Gasteiger partial charge in [0.25, 0.3) is 11.6 Å². The third kappa shape index (κ3) is 3.81. The van der Waals surface area contributed by atoms with Gasteiger partial charge in [0.1, 0.15) is 5.52 Å². The normalized spacial score (nSPS) is 10.8. The van der Waals surface area contributed by atoms with Crippen LogP contribution >= 0.6 is 11.6 Å². The van der Waals surface area contributed by atoms with Crippen LogP contribution < -0.4 is 5.32 Å². The van der Waals surface area contributed by atoms with Crippen LogP contribution in [-0.4, -0.2) is 15.8 Å². The molecule has 0 fully saturated rings. The van der Waals surface area contributed by atoms with Gasteiger partial charge in [-0.15, -0.1) is 0 Å². The van der Waals surface area contributed by atoms with E-state index in [-0.39, 0.29) is 16.3 Å². The first-order valence-corrected chi connectivity index (χ1v) is 9.01. The molecule has 0 unspecified atom stereocenters. The summed E-state index contributed by atoms with van der Waals surface area (Å²) in [6, 6.07) is 16.5. The minimum Gasteiger partial charge on any atom is -0.436 e. The van der Waals surface area contributed by atoms with E-state index in [1.165, 1.54) is 12.1 Å². The Morgan fingerprint density at radius 2 is 1.86 bits per heavy atom. The third-order valence-corrected chi connectivity index (χ3v) is 4.65. The van der Waals surface area contributed by atoms with E-state index in [2.05, 4.69) is 10.3 Å². The van der Waals surface area contributed by atoms with Crippen molar-refractivity contribution in [2.75, 3.05) is 5.32 Å². The van der Waals surface area contributed by atoms with Gasteiger partial charge in [0.15, 0.2) is 5.58 Å². The van der Waals surface area contributed by atoms with Gasteiger partial charge in [-0.3, -0.25) is 14.9 Å². The zero-order valence-electron chi connectivity index (χ0n) is 15.2. The molecule has 7 nitrogen and oxygen atoms in total. The number of aryl methyl sites for hydroxylation is 1. The monoisotopic (exact) mass is 407 g/mol. The van der Waals surface area contributed by atoms with Crippen molar-refractivity contribution in [2.24, 2.45) is 0 Å². The van der Waals surface area contributed by atoms with Gasteiger partial charge in [-0.2, -0.15) is 0 Å². The Balaban J connectivity index is 1.53. The highest BCUT2D eigenvalue weighted by Crippen LogP contribution is 2.27. The van der Waals surface area contributed by atoms with Crippen LogP contribution in [0.15, 0.2) is 65.1 Å². The number of nitro groups is 1. The number of rotatable bonds is 4. The lowest BCUT2D eigenvalue weighted by molar-refractivity contribution is -0.384. The largest absolute Gasteiger partial charge is 0.436 e. The maximum atomic E-state index is 12.4. The van der Waals surface area contributed by atoms with E-state index in [1.54, 1.807) is 24.3 Å². The number of aromatic nitrogens is 1. The van der Waals surface area contributed by atoms with Crippen molar-refractivity contribution in [2.45, 2.75) is 6.92 Å². The number of anilines is 1. The van der Waals surface area contributed by atoms with Gasteiger partial charge < -0.3 is 9.73 Å². The number of nitro benzene ring substituents is 1. The summed E-state index contributed by atoms with van der Waals surface area (Å²) in [5.74, 6) is 0.0249. The molecule has 0 aliphatic rings. The summed E-state index contributed by atoms with van der Waals surface area (Å²) in [4.78, 5) is 27.1. The molecule has 1 N–H and O–H groups in total. The van der Waals surface area contributed by atoms with Gasteiger partial charge in [0.2, 0.25) is 5.89 Å². The Morgan fingerprint density at radius 3 is 2.55 bits per heavy atom. The SMILES string of the molecule is Cc1ccc2oc(-c3ccc(NC(=O)c4ccc([N+](=O)[O-])cc4Cl)cc3)nc2c1. The second kappa shape index (κ2) is 7.37. The molecule has 4 rings (SSSR count). The lowest BCUT2D eigenvalue weighted by Gasteiger charge is -2.07. The van der Waals surface area contributed by atoms with Gasteiger partial charge in [-0.25, -0.2) is 4.98 Å². The van der Waals surface area contributed by atoms with Crippen LogP contribution in [0, 0.1) is 17.0 Å². The average Bonchev–Trinajstić information content (AvgIpc) is 3.11. The summed E-state index contributed by atoms with van der Waals surface area (Å²) in [5.41, 5.74) is 3.87. The predicted molar refractivity (Wildman–Crippen MR) is 110 cm³/mol. The summed E-state index contributed by atoms with van der Waals surface area (Å²) < 4.78 is 5.77. The molecule has 0 aliphatic carbocycles. The molecule has 0 saturated carbocycles. The predicted octanol–water partition coefficient (Wildman–Crippen LogP) is 5.62. The number of non-ortho nitro benzene ring substituents is 1. The van der Waals surface area contributed by atoms with E-state index in [0.717, 1.165) is 22.7 Å². The van der Waals surface area contributed by atoms with Crippen molar-refractivity contribution in [3.05, 3.63) is 86.9 Å². The molecular formula is C21H14ClN3O4. The minimum atomic E-state index is -0.570. The number of benzene rings is 3. The summed E-state index contributed by atoms with van der Waals surface area (Å²) in [6.07, 6.45) is 0. The minimum absolute atomic E-state index is 0.00934. The number of amides is 1. The molecule has 4 aromatic rings. The molecule has 0 radical (unpaired) electrons. The van der Waals surface area contributed by atoms with Crippen molar-refractivity contribution < 1.29 is 14.1 Å². The van der Waals surface area contributed by atoms with E-state index in [9.17, 15) is 14.9 Å². The van der Waals surface area contributed by atoms with Gasteiger partial charge >= 0.3 is 0 Å². The number of carbonyl (C=O) groups excluding carboxylic acids is 1. The van der Waals surface area contributed by atoms with Gasteiger partial charge in [-0.1, -0.05) is 17.7 Å². The Kier molecular flexibility index (Phi) is 4.74. The van der Waals surface area contributed by atoms with Crippen molar-refractivity contribution in [3.8, 4) is 11.5 Å². The molecule has 144 valence electrons. The standard InChI is InChI=1S/C21H14ClN3O4/c1-12-2-9-19-18(10-12)24-21(29-19)13-3-5-14(6-4-13)23-20(26)16-8-7-15(25(27)28)11-17(16)22/h2-11H,1H3,(H,23,26). The van der Waals surface area contributed by atoms with E-state index in [4.69, 9.17) is 16.0 Å². The highest BCUT2D eigenvalue weighted by molar-refractivity contribution is 6.34. The number of halogens is 1. The summed E-state index contributed by atoms with van der Waals surface area (Å²) in [6.45, 7) is 1.99. The lowest BCUT2D eigenvalue weighted by atomic mass is 10.1. The van der Waals surface area contributed by atoms with Crippen molar-refractivity contribution in [1.82, 2.24) is 4.98 Å². The number of oxazole rings is 1. The lowest BCUT2D eigenvalue weighted by Crippen LogP contribution is -2.12.